The van der Waals surface area contributed by atoms with Crippen LogP contribution >= 0.6 is 0 Å². The first kappa shape index (κ1) is 15.0. The van der Waals surface area contributed by atoms with Crippen LogP contribution in [-0.2, 0) is 6.42 Å². The SMILES string of the molecule is C=C(C)CCCCc1ccccc1C.CC. The van der Waals surface area contributed by atoms with E-state index in [4.69, 9.17) is 0 Å². The second kappa shape index (κ2) is 9.21. The van der Waals surface area contributed by atoms with E-state index < -0.39 is 0 Å². The van der Waals surface area contributed by atoms with E-state index in [0.717, 1.165) is 0 Å². The highest BCUT2D eigenvalue weighted by Crippen LogP contribution is 2.12. The highest BCUT2D eigenvalue weighted by atomic mass is 14.0. The predicted octanol–water partition coefficient (Wildman–Crippen LogP) is 5.31. The molecule has 0 N–H and O–H groups in total. The van der Waals surface area contributed by atoms with E-state index >= 15 is 0 Å². The van der Waals surface area contributed by atoms with Crippen molar-refractivity contribution in [3.8, 4) is 0 Å². The van der Waals surface area contributed by atoms with Gasteiger partial charge in [0.1, 0.15) is 0 Å². The minimum absolute atomic E-state index is 1.17. The summed E-state index contributed by atoms with van der Waals surface area (Å²) in [7, 11) is 0. The van der Waals surface area contributed by atoms with Gasteiger partial charge in [0.2, 0.25) is 0 Å². The maximum Gasteiger partial charge on any atom is -0.0276 e. The molecular weight excluding hydrogens is 192 g/mol. The van der Waals surface area contributed by atoms with Gasteiger partial charge >= 0.3 is 0 Å². The number of rotatable bonds is 5. The molecule has 1 aromatic rings. The van der Waals surface area contributed by atoms with Gasteiger partial charge < -0.3 is 0 Å². The van der Waals surface area contributed by atoms with Crippen LogP contribution in [0.2, 0.25) is 0 Å². The van der Waals surface area contributed by atoms with Crippen molar-refractivity contribution in [1.82, 2.24) is 0 Å². The first-order valence-corrected chi connectivity index (χ1v) is 6.39. The molecule has 0 nitrogen and oxygen atoms in total. The lowest BCUT2D eigenvalue weighted by Crippen LogP contribution is -1.89. The monoisotopic (exact) mass is 218 g/mol. The predicted molar refractivity (Wildman–Crippen MR) is 74.9 cm³/mol. The van der Waals surface area contributed by atoms with Crippen molar-refractivity contribution in [2.24, 2.45) is 0 Å². The lowest BCUT2D eigenvalue weighted by molar-refractivity contribution is 0.728. The molecule has 0 aromatic heterocycles. The first-order valence-electron chi connectivity index (χ1n) is 6.39. The first-order chi connectivity index (χ1) is 7.70. The summed E-state index contributed by atoms with van der Waals surface area (Å²) in [4.78, 5) is 0. The van der Waals surface area contributed by atoms with E-state index in [9.17, 15) is 0 Å². The zero-order chi connectivity index (χ0) is 12.4. The summed E-state index contributed by atoms with van der Waals surface area (Å²) in [6.45, 7) is 12.2. The fourth-order valence-corrected chi connectivity index (χ4v) is 1.63. The molecule has 0 bridgehead atoms. The van der Waals surface area contributed by atoms with Crippen molar-refractivity contribution in [2.75, 3.05) is 0 Å². The van der Waals surface area contributed by atoms with Gasteiger partial charge in [0.05, 0.1) is 0 Å². The normalized spacial score (nSPS) is 9.25. The minimum atomic E-state index is 1.17. The standard InChI is InChI=1S/C14H20.C2H6/c1-12(2)8-4-6-10-14-11-7-5-9-13(14)3;1-2/h5,7,9,11H,1,4,6,8,10H2,2-3H3;1-2H3. The Morgan fingerprint density at radius 1 is 1.12 bits per heavy atom. The summed E-state index contributed by atoms with van der Waals surface area (Å²) in [5.41, 5.74) is 4.21. The summed E-state index contributed by atoms with van der Waals surface area (Å²) in [5, 5.41) is 0. The summed E-state index contributed by atoms with van der Waals surface area (Å²) < 4.78 is 0. The highest BCUT2D eigenvalue weighted by Gasteiger charge is 1.96. The van der Waals surface area contributed by atoms with Gasteiger partial charge in [-0.15, -0.1) is 6.58 Å². The van der Waals surface area contributed by atoms with E-state index in [0.29, 0.717) is 0 Å². The molecule has 1 aromatic carbocycles. The van der Waals surface area contributed by atoms with E-state index in [1.807, 2.05) is 13.8 Å². The van der Waals surface area contributed by atoms with Crippen LogP contribution in [-0.4, -0.2) is 0 Å². The van der Waals surface area contributed by atoms with Gasteiger partial charge in [-0.2, -0.15) is 0 Å². The zero-order valence-electron chi connectivity index (χ0n) is 11.3. The van der Waals surface area contributed by atoms with Crippen molar-refractivity contribution >= 4 is 0 Å². The molecule has 90 valence electrons. The van der Waals surface area contributed by atoms with Crippen LogP contribution in [0.1, 0.15) is 51.2 Å². The molecule has 0 amide bonds. The fraction of sp³-hybridized carbons (Fsp3) is 0.500. The van der Waals surface area contributed by atoms with Crippen molar-refractivity contribution in [3.63, 3.8) is 0 Å². The molecule has 0 aliphatic carbocycles. The number of aryl methyl sites for hydroxylation is 2. The van der Waals surface area contributed by atoms with Gasteiger partial charge in [0, 0.05) is 0 Å². The Kier molecular flexibility index (Phi) is 8.61. The molecule has 0 saturated carbocycles. The molecule has 16 heavy (non-hydrogen) atoms. The van der Waals surface area contributed by atoms with E-state index in [-0.39, 0.29) is 0 Å². The number of unbranched alkanes of at least 4 members (excludes halogenated alkanes) is 1. The van der Waals surface area contributed by atoms with Crippen LogP contribution in [0.15, 0.2) is 36.4 Å². The molecule has 0 saturated heterocycles. The second-order valence-corrected chi connectivity index (χ2v) is 4.09. The van der Waals surface area contributed by atoms with Crippen molar-refractivity contribution in [1.29, 1.82) is 0 Å². The van der Waals surface area contributed by atoms with Gasteiger partial charge in [-0.25, -0.2) is 0 Å². The average Bonchev–Trinajstić information content (AvgIpc) is 2.29. The second-order valence-electron chi connectivity index (χ2n) is 4.09. The molecule has 1 rings (SSSR count). The van der Waals surface area contributed by atoms with Gasteiger partial charge in [0.25, 0.3) is 0 Å². The number of benzene rings is 1. The third kappa shape index (κ3) is 6.44. The van der Waals surface area contributed by atoms with E-state index in [1.165, 1.54) is 42.4 Å². The highest BCUT2D eigenvalue weighted by molar-refractivity contribution is 5.25. The maximum atomic E-state index is 3.92. The number of hydrogen-bond acceptors (Lipinski definition) is 0. The van der Waals surface area contributed by atoms with E-state index in [2.05, 4.69) is 44.7 Å². The molecule has 0 aliphatic rings. The molecular formula is C16H26. The van der Waals surface area contributed by atoms with Crippen molar-refractivity contribution < 1.29 is 0 Å². The molecule has 0 unspecified atom stereocenters. The van der Waals surface area contributed by atoms with Crippen LogP contribution in [0.25, 0.3) is 0 Å². The van der Waals surface area contributed by atoms with Gasteiger partial charge in [-0.05, 0) is 50.7 Å². The molecule has 0 atom stereocenters. The Morgan fingerprint density at radius 3 is 2.31 bits per heavy atom. The lowest BCUT2D eigenvalue weighted by atomic mass is 10.0. The molecule has 0 radical (unpaired) electrons. The quantitative estimate of drug-likeness (QED) is 0.464. The van der Waals surface area contributed by atoms with Crippen LogP contribution in [0.3, 0.4) is 0 Å². The Hall–Kier alpha value is -1.04. The van der Waals surface area contributed by atoms with Gasteiger partial charge in [-0.3, -0.25) is 0 Å². The largest absolute Gasteiger partial charge is 0.100 e. The van der Waals surface area contributed by atoms with Crippen LogP contribution in [0, 0.1) is 6.92 Å². The molecule has 0 heteroatoms. The van der Waals surface area contributed by atoms with Crippen molar-refractivity contribution in [3.05, 3.63) is 47.5 Å². The zero-order valence-corrected chi connectivity index (χ0v) is 11.3. The molecule has 0 spiro atoms. The lowest BCUT2D eigenvalue weighted by Gasteiger charge is -2.04. The molecule has 0 fully saturated rings. The molecule has 0 heterocycles. The third-order valence-electron chi connectivity index (χ3n) is 2.56. The minimum Gasteiger partial charge on any atom is -0.100 e. The Morgan fingerprint density at radius 2 is 1.75 bits per heavy atom. The third-order valence-corrected chi connectivity index (χ3v) is 2.56. The average molecular weight is 218 g/mol. The smallest absolute Gasteiger partial charge is 0.0276 e. The van der Waals surface area contributed by atoms with Crippen LogP contribution in [0.5, 0.6) is 0 Å². The maximum absolute atomic E-state index is 3.92. The molecule has 0 aliphatic heterocycles. The Bertz CT molecular complexity index is 297. The number of hydrogen-bond donors (Lipinski definition) is 0. The summed E-state index contributed by atoms with van der Waals surface area (Å²) in [6, 6.07) is 8.65. The summed E-state index contributed by atoms with van der Waals surface area (Å²) in [5.74, 6) is 0. The van der Waals surface area contributed by atoms with Crippen LogP contribution in [0.4, 0.5) is 0 Å². The fourth-order valence-electron chi connectivity index (χ4n) is 1.63. The number of allylic oxidation sites excluding steroid dienone is 1. The summed E-state index contributed by atoms with van der Waals surface area (Å²) >= 11 is 0. The van der Waals surface area contributed by atoms with Crippen LogP contribution < -0.4 is 0 Å². The Labute approximate surface area is 101 Å². The summed E-state index contributed by atoms with van der Waals surface area (Å²) in [6.07, 6.45) is 4.92. The van der Waals surface area contributed by atoms with Crippen molar-refractivity contribution in [2.45, 2.75) is 53.4 Å². The Balaban J connectivity index is 0.00000106. The van der Waals surface area contributed by atoms with Gasteiger partial charge in [0.15, 0.2) is 0 Å². The topological polar surface area (TPSA) is 0 Å². The van der Waals surface area contributed by atoms with E-state index in [1.54, 1.807) is 0 Å². The van der Waals surface area contributed by atoms with Gasteiger partial charge in [-0.1, -0.05) is 43.7 Å².